The van der Waals surface area contributed by atoms with E-state index in [1.54, 1.807) is 0 Å². The van der Waals surface area contributed by atoms with Crippen LogP contribution in [0.25, 0.3) is 0 Å². The molecular weight excluding hydrogens is 399 g/mol. The van der Waals surface area contributed by atoms with Crippen LogP contribution in [0.3, 0.4) is 0 Å². The number of likely N-dealkylation sites (tertiary alicyclic amines) is 2. The highest BCUT2D eigenvalue weighted by Gasteiger charge is 2.30. The maximum Gasteiger partial charge on any atom is 0.239 e. The molecule has 3 atom stereocenters. The van der Waals surface area contributed by atoms with Gasteiger partial charge in [-0.15, -0.1) is 24.8 Å². The van der Waals surface area contributed by atoms with Crippen molar-refractivity contribution in [1.82, 2.24) is 20.4 Å². The molecule has 3 rings (SSSR count). The molecule has 0 saturated carbocycles. The Bertz CT molecular complexity index is 481. The van der Waals surface area contributed by atoms with Crippen LogP contribution in [-0.2, 0) is 9.59 Å². The van der Waals surface area contributed by atoms with Crippen molar-refractivity contribution in [3.8, 4) is 0 Å². The molecule has 3 aliphatic rings. The lowest BCUT2D eigenvalue weighted by atomic mass is 9.97. The second-order valence-corrected chi connectivity index (χ2v) is 8.31. The fraction of sp³-hybridized carbons (Fsp3) is 0.900. The summed E-state index contributed by atoms with van der Waals surface area (Å²) in [5, 5.41) is 6.35. The first-order valence-electron chi connectivity index (χ1n) is 10.7. The number of carbonyl (C=O) groups is 2. The van der Waals surface area contributed by atoms with Gasteiger partial charge in [0.1, 0.15) is 0 Å². The topological polar surface area (TPSA) is 64.7 Å². The summed E-state index contributed by atoms with van der Waals surface area (Å²) in [6.07, 6.45) is 9.16. The van der Waals surface area contributed by atoms with Crippen molar-refractivity contribution in [3.05, 3.63) is 0 Å². The Morgan fingerprint density at radius 2 is 1.71 bits per heavy atom. The second kappa shape index (κ2) is 12.9. The number of hydrogen-bond acceptors (Lipinski definition) is 4. The summed E-state index contributed by atoms with van der Waals surface area (Å²) >= 11 is 0. The molecule has 3 saturated heterocycles. The number of nitrogens with one attached hydrogen (secondary N) is 2. The predicted molar refractivity (Wildman–Crippen MR) is 117 cm³/mol. The number of amides is 2. The van der Waals surface area contributed by atoms with E-state index >= 15 is 0 Å². The summed E-state index contributed by atoms with van der Waals surface area (Å²) in [7, 11) is 0. The molecular formula is C20H38Cl2N4O2. The van der Waals surface area contributed by atoms with Crippen LogP contribution in [0, 0.1) is 5.92 Å². The van der Waals surface area contributed by atoms with Crippen LogP contribution >= 0.6 is 24.8 Å². The van der Waals surface area contributed by atoms with Crippen LogP contribution in [0.4, 0.5) is 0 Å². The van der Waals surface area contributed by atoms with Gasteiger partial charge in [-0.3, -0.25) is 14.5 Å². The lowest BCUT2D eigenvalue weighted by Gasteiger charge is -2.37. The molecule has 2 N–H and O–H groups in total. The van der Waals surface area contributed by atoms with Crippen molar-refractivity contribution < 1.29 is 9.59 Å². The van der Waals surface area contributed by atoms with Crippen molar-refractivity contribution in [2.75, 3.05) is 39.3 Å². The van der Waals surface area contributed by atoms with E-state index in [-0.39, 0.29) is 48.7 Å². The standard InChI is InChI=1S/C20H36N4O2.2ClH/c1-16(23-11-4-2-3-5-12-23)20(26)24-13-7-8-17(15-24)14-22-19(25)18-9-6-10-21-18;;/h16-18,21H,2-15H2,1H3,(H,22,25);2*1H. The van der Waals surface area contributed by atoms with Gasteiger partial charge in [0.15, 0.2) is 0 Å². The number of nitrogens with zero attached hydrogens (tertiary/aromatic N) is 2. The van der Waals surface area contributed by atoms with E-state index in [1.165, 1.54) is 25.7 Å². The Balaban J connectivity index is 0.00000196. The Labute approximate surface area is 182 Å². The molecule has 0 bridgehead atoms. The average molecular weight is 437 g/mol. The summed E-state index contributed by atoms with van der Waals surface area (Å²) in [6.45, 7) is 7.46. The number of piperidine rings is 1. The monoisotopic (exact) mass is 436 g/mol. The second-order valence-electron chi connectivity index (χ2n) is 8.31. The molecule has 0 aromatic rings. The van der Waals surface area contributed by atoms with E-state index in [2.05, 4.69) is 22.5 Å². The third-order valence-electron chi connectivity index (χ3n) is 6.32. The quantitative estimate of drug-likeness (QED) is 0.692. The highest BCUT2D eigenvalue weighted by Crippen LogP contribution is 2.19. The van der Waals surface area contributed by atoms with Gasteiger partial charge < -0.3 is 15.5 Å². The fourth-order valence-corrected chi connectivity index (χ4v) is 4.61. The van der Waals surface area contributed by atoms with Crippen molar-refractivity contribution in [2.45, 2.75) is 70.4 Å². The lowest BCUT2D eigenvalue weighted by molar-refractivity contribution is -0.138. The van der Waals surface area contributed by atoms with E-state index in [0.29, 0.717) is 12.5 Å². The zero-order valence-corrected chi connectivity index (χ0v) is 18.8. The molecule has 0 radical (unpaired) electrons. The van der Waals surface area contributed by atoms with Crippen LogP contribution < -0.4 is 10.6 Å². The summed E-state index contributed by atoms with van der Waals surface area (Å²) in [6, 6.07) is -0.0245. The summed E-state index contributed by atoms with van der Waals surface area (Å²) in [5.74, 6) is 0.790. The molecule has 0 spiro atoms. The Morgan fingerprint density at radius 1 is 1.00 bits per heavy atom. The summed E-state index contributed by atoms with van der Waals surface area (Å²) in [5.41, 5.74) is 0. The van der Waals surface area contributed by atoms with E-state index in [4.69, 9.17) is 0 Å². The molecule has 0 aromatic carbocycles. The van der Waals surface area contributed by atoms with Gasteiger partial charge in [-0.25, -0.2) is 0 Å². The highest BCUT2D eigenvalue weighted by atomic mass is 35.5. The van der Waals surface area contributed by atoms with E-state index in [1.807, 2.05) is 4.90 Å². The Hall–Kier alpha value is -0.560. The molecule has 164 valence electrons. The van der Waals surface area contributed by atoms with Gasteiger partial charge in [0, 0.05) is 19.6 Å². The molecule has 3 aliphatic heterocycles. The third kappa shape index (κ3) is 7.05. The third-order valence-corrected chi connectivity index (χ3v) is 6.32. The zero-order chi connectivity index (χ0) is 18.4. The van der Waals surface area contributed by atoms with Crippen molar-refractivity contribution in [3.63, 3.8) is 0 Å². The molecule has 28 heavy (non-hydrogen) atoms. The Morgan fingerprint density at radius 3 is 2.36 bits per heavy atom. The molecule has 8 heteroatoms. The normalized spacial score (nSPS) is 27.1. The first-order valence-corrected chi connectivity index (χ1v) is 10.7. The van der Waals surface area contributed by atoms with Gasteiger partial charge in [0.05, 0.1) is 12.1 Å². The maximum atomic E-state index is 13.0. The van der Waals surface area contributed by atoms with Crippen LogP contribution in [0.2, 0.25) is 0 Å². The first-order chi connectivity index (χ1) is 12.6. The van der Waals surface area contributed by atoms with Gasteiger partial charge in [-0.2, -0.15) is 0 Å². The average Bonchev–Trinajstić information content (AvgIpc) is 3.08. The number of hydrogen-bond donors (Lipinski definition) is 2. The molecule has 0 aromatic heterocycles. The van der Waals surface area contributed by atoms with Gasteiger partial charge in [-0.1, -0.05) is 12.8 Å². The minimum atomic E-state index is -0.0145. The summed E-state index contributed by atoms with van der Waals surface area (Å²) in [4.78, 5) is 29.6. The van der Waals surface area contributed by atoms with Crippen molar-refractivity contribution >= 4 is 36.6 Å². The van der Waals surface area contributed by atoms with Crippen LogP contribution in [0.5, 0.6) is 0 Å². The largest absolute Gasteiger partial charge is 0.354 e. The summed E-state index contributed by atoms with van der Waals surface area (Å²) < 4.78 is 0. The molecule has 3 heterocycles. The molecule has 0 aliphatic carbocycles. The maximum absolute atomic E-state index is 13.0. The van der Waals surface area contributed by atoms with Gasteiger partial charge in [0.2, 0.25) is 11.8 Å². The van der Waals surface area contributed by atoms with E-state index in [9.17, 15) is 9.59 Å². The van der Waals surface area contributed by atoms with Gasteiger partial charge in [-0.05, 0) is 71.0 Å². The minimum absolute atomic E-state index is 0. The van der Waals surface area contributed by atoms with E-state index < -0.39 is 0 Å². The van der Waals surface area contributed by atoms with Crippen molar-refractivity contribution in [2.24, 2.45) is 5.92 Å². The minimum Gasteiger partial charge on any atom is -0.354 e. The van der Waals surface area contributed by atoms with Crippen molar-refractivity contribution in [1.29, 1.82) is 0 Å². The van der Waals surface area contributed by atoms with Crippen LogP contribution in [0.15, 0.2) is 0 Å². The zero-order valence-electron chi connectivity index (χ0n) is 17.2. The number of rotatable bonds is 5. The molecule has 3 fully saturated rings. The lowest BCUT2D eigenvalue weighted by Crippen LogP contribution is -2.52. The fourth-order valence-electron chi connectivity index (χ4n) is 4.61. The number of halogens is 2. The first kappa shape index (κ1) is 25.5. The van der Waals surface area contributed by atoms with Crippen LogP contribution in [0.1, 0.15) is 58.3 Å². The molecule has 3 unspecified atom stereocenters. The molecule has 6 nitrogen and oxygen atoms in total. The smallest absolute Gasteiger partial charge is 0.239 e. The predicted octanol–water partition coefficient (Wildman–Crippen LogP) is 2.20. The van der Waals surface area contributed by atoms with E-state index in [0.717, 1.165) is 58.4 Å². The van der Waals surface area contributed by atoms with Gasteiger partial charge >= 0.3 is 0 Å². The SMILES string of the molecule is CC(C(=O)N1CCCC(CNC(=O)C2CCCN2)C1)N1CCCCCC1.Cl.Cl. The highest BCUT2D eigenvalue weighted by molar-refractivity contribution is 5.85. The Kier molecular flexibility index (Phi) is 11.7. The molecule has 2 amide bonds. The van der Waals surface area contributed by atoms with Crippen LogP contribution in [-0.4, -0.2) is 73.0 Å². The van der Waals surface area contributed by atoms with Gasteiger partial charge in [0.25, 0.3) is 0 Å². The number of carbonyl (C=O) groups excluding carboxylic acids is 2.